The third-order valence-electron chi connectivity index (χ3n) is 2.58. The van der Waals surface area contributed by atoms with Gasteiger partial charge >= 0.3 is 0 Å². The second kappa shape index (κ2) is 6.48. The maximum atomic E-state index is 9.65. The van der Waals surface area contributed by atoms with Gasteiger partial charge in [0.15, 0.2) is 6.29 Å². The molecule has 6 heteroatoms. The molecule has 4 N–H and O–H groups in total. The van der Waals surface area contributed by atoms with Crippen molar-refractivity contribution in [2.24, 2.45) is 0 Å². The molecule has 1 aliphatic heterocycles. The molecule has 0 bridgehead atoms. The van der Waals surface area contributed by atoms with Gasteiger partial charge in [-0.3, -0.25) is 0 Å². The topological polar surface area (TPSA) is 99.4 Å². The van der Waals surface area contributed by atoms with Gasteiger partial charge in [-0.15, -0.1) is 0 Å². The molecule has 96 valence electrons. The van der Waals surface area contributed by atoms with E-state index in [1.807, 2.05) is 6.92 Å². The fourth-order valence-electron chi connectivity index (χ4n) is 1.63. The first-order valence-corrected chi connectivity index (χ1v) is 5.52. The number of hydrogen-bond acceptors (Lipinski definition) is 6. The summed E-state index contributed by atoms with van der Waals surface area (Å²) in [6.07, 6.45) is -3.52. The van der Waals surface area contributed by atoms with Crippen LogP contribution in [0.5, 0.6) is 0 Å². The van der Waals surface area contributed by atoms with Crippen LogP contribution in [0.4, 0.5) is 0 Å². The Kier molecular flexibility index (Phi) is 5.60. The quantitative estimate of drug-likeness (QED) is 0.469. The molecule has 0 saturated carbocycles. The van der Waals surface area contributed by atoms with Crippen LogP contribution >= 0.6 is 0 Å². The van der Waals surface area contributed by atoms with Crippen molar-refractivity contribution < 1.29 is 29.9 Å². The third kappa shape index (κ3) is 3.38. The molecule has 16 heavy (non-hydrogen) atoms. The van der Waals surface area contributed by atoms with E-state index < -0.39 is 37.3 Å². The zero-order chi connectivity index (χ0) is 12.1. The summed E-state index contributed by atoms with van der Waals surface area (Å²) in [5.41, 5.74) is 0. The van der Waals surface area contributed by atoms with E-state index in [2.05, 4.69) is 0 Å². The van der Waals surface area contributed by atoms with Crippen molar-refractivity contribution in [2.75, 3.05) is 13.2 Å². The molecular formula is C10H20O6. The van der Waals surface area contributed by atoms with Gasteiger partial charge in [0.1, 0.15) is 24.4 Å². The van der Waals surface area contributed by atoms with Gasteiger partial charge in [0.05, 0.1) is 13.2 Å². The summed E-state index contributed by atoms with van der Waals surface area (Å²) in [6.45, 7) is 1.45. The predicted octanol–water partition coefficient (Wildman–Crippen LogP) is -1.40. The zero-order valence-electron chi connectivity index (χ0n) is 9.32. The smallest absolute Gasteiger partial charge is 0.158 e. The number of aliphatic hydroxyl groups excluding tert-OH is 4. The summed E-state index contributed by atoms with van der Waals surface area (Å²) in [4.78, 5) is 0. The summed E-state index contributed by atoms with van der Waals surface area (Å²) in [5, 5.41) is 37.2. The summed E-state index contributed by atoms with van der Waals surface area (Å²) >= 11 is 0. The van der Waals surface area contributed by atoms with Crippen molar-refractivity contribution in [1.82, 2.24) is 0 Å². The Hall–Kier alpha value is -0.240. The average molecular weight is 236 g/mol. The summed E-state index contributed by atoms with van der Waals surface area (Å²) in [5.74, 6) is 0. The first-order chi connectivity index (χ1) is 7.60. The fraction of sp³-hybridized carbons (Fsp3) is 1.00. The summed E-state index contributed by atoms with van der Waals surface area (Å²) < 4.78 is 10.5. The molecule has 0 spiro atoms. The first kappa shape index (κ1) is 13.8. The highest BCUT2D eigenvalue weighted by atomic mass is 16.7. The molecule has 1 fully saturated rings. The van der Waals surface area contributed by atoms with E-state index in [0.29, 0.717) is 6.42 Å². The molecule has 0 aromatic rings. The molecule has 1 aliphatic rings. The van der Waals surface area contributed by atoms with E-state index >= 15 is 0 Å². The Morgan fingerprint density at radius 2 is 2.06 bits per heavy atom. The highest BCUT2D eigenvalue weighted by Crippen LogP contribution is 2.20. The van der Waals surface area contributed by atoms with Gasteiger partial charge in [-0.05, 0) is 6.42 Å². The summed E-state index contributed by atoms with van der Waals surface area (Å²) in [6, 6.07) is 0. The Labute approximate surface area is 94.4 Å². The van der Waals surface area contributed by atoms with E-state index in [-0.39, 0.29) is 6.61 Å². The minimum absolute atomic E-state index is 0.0601. The van der Waals surface area contributed by atoms with Crippen molar-refractivity contribution >= 4 is 0 Å². The molecule has 0 amide bonds. The van der Waals surface area contributed by atoms with Gasteiger partial charge in [0, 0.05) is 0 Å². The minimum Gasteiger partial charge on any atom is -0.394 e. The zero-order valence-corrected chi connectivity index (χ0v) is 9.32. The van der Waals surface area contributed by atoms with Crippen molar-refractivity contribution in [3.63, 3.8) is 0 Å². The maximum absolute atomic E-state index is 9.65. The Morgan fingerprint density at radius 3 is 2.62 bits per heavy atom. The molecule has 1 rings (SSSR count). The maximum Gasteiger partial charge on any atom is 0.158 e. The van der Waals surface area contributed by atoms with Crippen LogP contribution in [0.2, 0.25) is 0 Å². The van der Waals surface area contributed by atoms with Gasteiger partial charge in [0.25, 0.3) is 0 Å². The SMILES string of the molecule is CCCC1OC[C@@H](O)[C@@H]([C@@H](O)[C@@H](O)CO)O1. The first-order valence-electron chi connectivity index (χ1n) is 5.52. The molecule has 1 heterocycles. The molecule has 0 aliphatic carbocycles. The molecule has 5 atom stereocenters. The largest absolute Gasteiger partial charge is 0.394 e. The normalized spacial score (nSPS) is 34.7. The van der Waals surface area contributed by atoms with Crippen molar-refractivity contribution in [2.45, 2.75) is 50.5 Å². The molecule has 0 aromatic carbocycles. The Morgan fingerprint density at radius 1 is 1.38 bits per heavy atom. The lowest BCUT2D eigenvalue weighted by Crippen LogP contribution is -2.54. The molecular weight excluding hydrogens is 216 g/mol. The number of aliphatic hydroxyl groups is 4. The van der Waals surface area contributed by atoms with Gasteiger partial charge < -0.3 is 29.9 Å². The van der Waals surface area contributed by atoms with Crippen LogP contribution in [0.15, 0.2) is 0 Å². The second-order valence-corrected chi connectivity index (χ2v) is 3.96. The number of hydrogen-bond donors (Lipinski definition) is 4. The Bertz CT molecular complexity index is 200. The lowest BCUT2D eigenvalue weighted by atomic mass is 10.0. The van der Waals surface area contributed by atoms with Gasteiger partial charge in [-0.25, -0.2) is 0 Å². The van der Waals surface area contributed by atoms with Crippen LogP contribution in [-0.4, -0.2) is 64.3 Å². The van der Waals surface area contributed by atoms with Crippen molar-refractivity contribution in [3.05, 3.63) is 0 Å². The standard InChI is InChI=1S/C10H20O6/c1-2-3-8-15-5-7(13)10(16-8)9(14)6(12)4-11/h6-14H,2-5H2,1H3/t6-,7+,8?,9-,10-/m0/s1. The molecule has 0 aromatic heterocycles. The second-order valence-electron chi connectivity index (χ2n) is 3.96. The molecule has 1 saturated heterocycles. The molecule has 0 radical (unpaired) electrons. The van der Waals surface area contributed by atoms with E-state index in [9.17, 15) is 15.3 Å². The third-order valence-corrected chi connectivity index (χ3v) is 2.58. The fourth-order valence-corrected chi connectivity index (χ4v) is 1.63. The van der Waals surface area contributed by atoms with E-state index in [4.69, 9.17) is 14.6 Å². The van der Waals surface area contributed by atoms with Crippen LogP contribution < -0.4 is 0 Å². The predicted molar refractivity (Wildman–Crippen MR) is 54.6 cm³/mol. The highest BCUT2D eigenvalue weighted by molar-refractivity contribution is 4.84. The monoisotopic (exact) mass is 236 g/mol. The minimum atomic E-state index is -1.32. The van der Waals surface area contributed by atoms with E-state index in [1.54, 1.807) is 0 Å². The summed E-state index contributed by atoms with van der Waals surface area (Å²) in [7, 11) is 0. The lowest BCUT2D eigenvalue weighted by molar-refractivity contribution is -0.281. The van der Waals surface area contributed by atoms with Gasteiger partial charge in [0.2, 0.25) is 0 Å². The van der Waals surface area contributed by atoms with Crippen molar-refractivity contribution in [1.29, 1.82) is 0 Å². The van der Waals surface area contributed by atoms with Crippen LogP contribution in [0.25, 0.3) is 0 Å². The molecule has 1 unspecified atom stereocenters. The van der Waals surface area contributed by atoms with Gasteiger partial charge in [-0.1, -0.05) is 13.3 Å². The van der Waals surface area contributed by atoms with E-state index in [1.165, 1.54) is 0 Å². The van der Waals surface area contributed by atoms with Crippen LogP contribution in [0.3, 0.4) is 0 Å². The Balaban J connectivity index is 2.54. The average Bonchev–Trinajstić information content (AvgIpc) is 2.30. The highest BCUT2D eigenvalue weighted by Gasteiger charge is 2.38. The van der Waals surface area contributed by atoms with Crippen molar-refractivity contribution in [3.8, 4) is 0 Å². The van der Waals surface area contributed by atoms with E-state index in [0.717, 1.165) is 6.42 Å². The molecule has 6 nitrogen and oxygen atoms in total. The van der Waals surface area contributed by atoms with Crippen LogP contribution in [-0.2, 0) is 9.47 Å². The van der Waals surface area contributed by atoms with Gasteiger partial charge in [-0.2, -0.15) is 0 Å². The number of ether oxygens (including phenoxy) is 2. The van der Waals surface area contributed by atoms with Crippen LogP contribution in [0.1, 0.15) is 19.8 Å². The number of rotatable bonds is 5. The lowest BCUT2D eigenvalue weighted by Gasteiger charge is -2.37. The van der Waals surface area contributed by atoms with Crippen LogP contribution in [0, 0.1) is 0 Å².